The van der Waals surface area contributed by atoms with Crippen LogP contribution in [-0.2, 0) is 0 Å². The molecule has 0 aromatic heterocycles. The van der Waals surface area contributed by atoms with Gasteiger partial charge in [-0.05, 0) is 57.0 Å². The van der Waals surface area contributed by atoms with Crippen LogP contribution in [-0.4, -0.2) is 36.8 Å². The SMILES string of the molecule is CN1CCCC(CC2(CO)CCC2)C1. The lowest BCUT2D eigenvalue weighted by atomic mass is 9.64. The summed E-state index contributed by atoms with van der Waals surface area (Å²) in [4.78, 5) is 2.44. The minimum Gasteiger partial charge on any atom is -0.396 e. The van der Waals surface area contributed by atoms with Gasteiger partial charge in [0.15, 0.2) is 0 Å². The Morgan fingerprint density at radius 1 is 1.36 bits per heavy atom. The summed E-state index contributed by atoms with van der Waals surface area (Å²) in [5, 5.41) is 9.42. The Labute approximate surface area is 87.3 Å². The monoisotopic (exact) mass is 197 g/mol. The Kier molecular flexibility index (Phi) is 3.13. The van der Waals surface area contributed by atoms with E-state index < -0.39 is 0 Å². The molecule has 1 unspecified atom stereocenters. The van der Waals surface area contributed by atoms with Crippen LogP contribution in [0.5, 0.6) is 0 Å². The molecule has 0 radical (unpaired) electrons. The highest BCUT2D eigenvalue weighted by Crippen LogP contribution is 2.46. The molecule has 0 bridgehead atoms. The van der Waals surface area contributed by atoms with E-state index in [9.17, 15) is 5.11 Å². The summed E-state index contributed by atoms with van der Waals surface area (Å²) in [5.74, 6) is 0.848. The molecule has 82 valence electrons. The van der Waals surface area contributed by atoms with Crippen molar-refractivity contribution in [2.24, 2.45) is 11.3 Å². The molecule has 1 aliphatic carbocycles. The van der Waals surface area contributed by atoms with Gasteiger partial charge in [0.2, 0.25) is 0 Å². The molecule has 2 fully saturated rings. The van der Waals surface area contributed by atoms with Crippen LogP contribution in [0.1, 0.15) is 38.5 Å². The van der Waals surface area contributed by atoms with E-state index in [1.54, 1.807) is 0 Å². The zero-order chi connectivity index (χ0) is 10.0. The predicted octanol–water partition coefficient (Wildman–Crippen LogP) is 1.88. The number of aliphatic hydroxyl groups is 1. The minimum atomic E-state index is 0.336. The maximum atomic E-state index is 9.42. The van der Waals surface area contributed by atoms with Gasteiger partial charge in [0, 0.05) is 13.2 Å². The predicted molar refractivity (Wildman–Crippen MR) is 58.2 cm³/mol. The van der Waals surface area contributed by atoms with Gasteiger partial charge in [-0.2, -0.15) is 0 Å². The van der Waals surface area contributed by atoms with Gasteiger partial charge in [-0.15, -0.1) is 0 Å². The first kappa shape index (κ1) is 10.4. The number of likely N-dealkylation sites (tertiary alicyclic amines) is 1. The van der Waals surface area contributed by atoms with Crippen LogP contribution in [0.15, 0.2) is 0 Å². The Morgan fingerprint density at radius 2 is 2.14 bits per heavy atom. The van der Waals surface area contributed by atoms with Crippen molar-refractivity contribution in [2.45, 2.75) is 38.5 Å². The molecule has 1 atom stereocenters. The van der Waals surface area contributed by atoms with Crippen LogP contribution in [0.3, 0.4) is 0 Å². The van der Waals surface area contributed by atoms with Crippen LogP contribution < -0.4 is 0 Å². The standard InChI is InChI=1S/C12H23NO/c1-13-7-2-4-11(9-13)8-12(10-14)5-3-6-12/h11,14H,2-10H2,1H3. The number of rotatable bonds is 3. The van der Waals surface area contributed by atoms with E-state index in [1.165, 1.54) is 51.6 Å². The molecule has 2 rings (SSSR count). The maximum Gasteiger partial charge on any atom is 0.0487 e. The van der Waals surface area contributed by atoms with Crippen molar-refractivity contribution in [2.75, 3.05) is 26.7 Å². The lowest BCUT2D eigenvalue weighted by Gasteiger charge is -2.44. The normalized spacial score (nSPS) is 32.6. The van der Waals surface area contributed by atoms with Gasteiger partial charge in [-0.25, -0.2) is 0 Å². The molecule has 14 heavy (non-hydrogen) atoms. The molecule has 2 aliphatic rings. The maximum absolute atomic E-state index is 9.42. The Balaban J connectivity index is 1.83. The summed E-state index contributed by atoms with van der Waals surface area (Å²) in [6, 6.07) is 0. The summed E-state index contributed by atoms with van der Waals surface area (Å²) in [6.07, 6.45) is 7.87. The van der Waals surface area contributed by atoms with Crippen LogP contribution in [0.4, 0.5) is 0 Å². The number of hydrogen-bond acceptors (Lipinski definition) is 2. The number of piperidine rings is 1. The molecule has 0 spiro atoms. The summed E-state index contributed by atoms with van der Waals surface area (Å²) >= 11 is 0. The van der Waals surface area contributed by atoms with Gasteiger partial charge in [-0.3, -0.25) is 0 Å². The fourth-order valence-corrected chi connectivity index (χ4v) is 3.16. The Morgan fingerprint density at radius 3 is 2.64 bits per heavy atom. The molecule has 0 aromatic carbocycles. The van der Waals surface area contributed by atoms with Gasteiger partial charge < -0.3 is 10.0 Å². The topological polar surface area (TPSA) is 23.5 Å². The molecular formula is C12H23NO. The second kappa shape index (κ2) is 4.19. The van der Waals surface area contributed by atoms with Crippen molar-refractivity contribution in [1.82, 2.24) is 4.90 Å². The van der Waals surface area contributed by atoms with E-state index in [0.29, 0.717) is 12.0 Å². The van der Waals surface area contributed by atoms with E-state index in [4.69, 9.17) is 0 Å². The van der Waals surface area contributed by atoms with Crippen molar-refractivity contribution in [3.63, 3.8) is 0 Å². The zero-order valence-corrected chi connectivity index (χ0v) is 9.34. The smallest absolute Gasteiger partial charge is 0.0487 e. The van der Waals surface area contributed by atoms with Crippen LogP contribution in [0.2, 0.25) is 0 Å². The fraction of sp³-hybridized carbons (Fsp3) is 1.00. The third-order valence-corrected chi connectivity index (χ3v) is 4.19. The molecule has 1 saturated heterocycles. The average Bonchev–Trinajstić information content (AvgIpc) is 2.11. The minimum absolute atomic E-state index is 0.336. The molecule has 2 nitrogen and oxygen atoms in total. The molecule has 1 N–H and O–H groups in total. The van der Waals surface area contributed by atoms with Crippen molar-refractivity contribution >= 4 is 0 Å². The third-order valence-electron chi connectivity index (χ3n) is 4.19. The molecular weight excluding hydrogens is 174 g/mol. The average molecular weight is 197 g/mol. The first-order valence-electron chi connectivity index (χ1n) is 6.03. The molecule has 1 heterocycles. The molecule has 1 saturated carbocycles. The quantitative estimate of drug-likeness (QED) is 0.746. The summed E-state index contributed by atoms with van der Waals surface area (Å²) in [5.41, 5.74) is 0.336. The second-order valence-electron chi connectivity index (χ2n) is 5.49. The van der Waals surface area contributed by atoms with E-state index >= 15 is 0 Å². The number of aliphatic hydroxyl groups excluding tert-OH is 1. The summed E-state index contributed by atoms with van der Waals surface area (Å²) < 4.78 is 0. The van der Waals surface area contributed by atoms with E-state index in [-0.39, 0.29) is 0 Å². The van der Waals surface area contributed by atoms with Gasteiger partial charge in [-0.1, -0.05) is 6.42 Å². The summed E-state index contributed by atoms with van der Waals surface area (Å²) in [6.45, 7) is 2.94. The van der Waals surface area contributed by atoms with Crippen LogP contribution >= 0.6 is 0 Å². The van der Waals surface area contributed by atoms with E-state index in [1.807, 2.05) is 0 Å². The number of nitrogens with zero attached hydrogens (tertiary/aromatic N) is 1. The van der Waals surface area contributed by atoms with Crippen molar-refractivity contribution in [3.8, 4) is 0 Å². The molecule has 2 heteroatoms. The third kappa shape index (κ3) is 2.12. The lowest BCUT2D eigenvalue weighted by molar-refractivity contribution is 0.00883. The van der Waals surface area contributed by atoms with Gasteiger partial charge in [0.25, 0.3) is 0 Å². The highest BCUT2D eigenvalue weighted by Gasteiger charge is 2.38. The van der Waals surface area contributed by atoms with E-state index in [2.05, 4.69) is 11.9 Å². The van der Waals surface area contributed by atoms with Crippen LogP contribution in [0.25, 0.3) is 0 Å². The zero-order valence-electron chi connectivity index (χ0n) is 9.34. The van der Waals surface area contributed by atoms with Crippen LogP contribution in [0, 0.1) is 11.3 Å². The van der Waals surface area contributed by atoms with Crippen molar-refractivity contribution in [1.29, 1.82) is 0 Å². The van der Waals surface area contributed by atoms with Gasteiger partial charge in [0.05, 0.1) is 0 Å². The highest BCUT2D eigenvalue weighted by molar-refractivity contribution is 4.90. The lowest BCUT2D eigenvalue weighted by Crippen LogP contribution is -2.40. The summed E-state index contributed by atoms with van der Waals surface area (Å²) in [7, 11) is 2.22. The Bertz CT molecular complexity index is 183. The number of hydrogen-bond donors (Lipinski definition) is 1. The Hall–Kier alpha value is -0.0800. The highest BCUT2D eigenvalue weighted by atomic mass is 16.3. The molecule has 0 aromatic rings. The molecule has 1 aliphatic heterocycles. The van der Waals surface area contributed by atoms with Gasteiger partial charge in [0.1, 0.15) is 0 Å². The first-order valence-corrected chi connectivity index (χ1v) is 6.03. The largest absolute Gasteiger partial charge is 0.396 e. The van der Waals surface area contributed by atoms with Gasteiger partial charge >= 0.3 is 0 Å². The first-order chi connectivity index (χ1) is 6.74. The molecule has 0 amide bonds. The second-order valence-corrected chi connectivity index (χ2v) is 5.49. The van der Waals surface area contributed by atoms with Crippen molar-refractivity contribution in [3.05, 3.63) is 0 Å². The fourth-order valence-electron chi connectivity index (χ4n) is 3.16. The van der Waals surface area contributed by atoms with E-state index in [0.717, 1.165) is 5.92 Å². The van der Waals surface area contributed by atoms with Crippen molar-refractivity contribution < 1.29 is 5.11 Å².